The minimum Gasteiger partial charge on any atom is -0.103 e. The molecule has 0 nitrogen and oxygen atoms in total. The van der Waals surface area contributed by atoms with Gasteiger partial charge in [-0.3, -0.25) is 0 Å². The molecular weight excluding hydrogens is 248 g/mol. The molecule has 96 valence electrons. The largest absolute Gasteiger partial charge is 0.103 e. The van der Waals surface area contributed by atoms with Crippen LogP contribution in [-0.2, 0) is 6.42 Å². The average molecular weight is 266 g/mol. The highest BCUT2D eigenvalue weighted by molar-refractivity contribution is 8.03. The zero-order chi connectivity index (χ0) is 13.3. The van der Waals surface area contributed by atoms with Crippen molar-refractivity contribution in [1.29, 1.82) is 0 Å². The molecule has 1 heteroatoms. The van der Waals surface area contributed by atoms with Gasteiger partial charge in [0.1, 0.15) is 0 Å². The molecule has 2 aromatic rings. The van der Waals surface area contributed by atoms with Gasteiger partial charge in [-0.1, -0.05) is 72.4 Å². The van der Waals surface area contributed by atoms with Crippen LogP contribution in [0.25, 0.3) is 0 Å². The molecule has 0 unspecified atom stereocenters. The molecule has 0 fully saturated rings. The quantitative estimate of drug-likeness (QED) is 0.492. The van der Waals surface area contributed by atoms with E-state index in [1.54, 1.807) is 0 Å². The maximum atomic E-state index is 3.79. The molecule has 0 heterocycles. The molecule has 0 spiro atoms. The summed E-state index contributed by atoms with van der Waals surface area (Å²) in [6, 6.07) is 21.1. The summed E-state index contributed by atoms with van der Waals surface area (Å²) in [7, 11) is 0. The summed E-state index contributed by atoms with van der Waals surface area (Å²) in [4.78, 5) is 2.66. The summed E-state index contributed by atoms with van der Waals surface area (Å²) >= 11 is 1.84. The molecule has 0 N–H and O–H groups in total. The van der Waals surface area contributed by atoms with Gasteiger partial charge in [-0.25, -0.2) is 0 Å². The third kappa shape index (κ3) is 4.80. The average Bonchev–Trinajstić information content (AvgIpc) is 2.47. The number of thioether (sulfide) groups is 1. The van der Waals surface area contributed by atoms with Gasteiger partial charge in [0.2, 0.25) is 0 Å². The predicted molar refractivity (Wildman–Crippen MR) is 85.3 cm³/mol. The first-order chi connectivity index (χ1) is 9.38. The van der Waals surface area contributed by atoms with Crippen LogP contribution < -0.4 is 0 Å². The summed E-state index contributed by atoms with van der Waals surface area (Å²) in [5, 5.41) is 0. The Morgan fingerprint density at radius 2 is 1.58 bits per heavy atom. The van der Waals surface area contributed by atoms with E-state index in [1.165, 1.54) is 15.4 Å². The van der Waals surface area contributed by atoms with E-state index in [-0.39, 0.29) is 0 Å². The molecule has 0 aliphatic rings. The van der Waals surface area contributed by atoms with E-state index < -0.39 is 0 Å². The fourth-order valence-corrected chi connectivity index (χ4v) is 2.82. The number of benzene rings is 2. The Morgan fingerprint density at radius 1 is 0.947 bits per heavy atom. The lowest BCUT2D eigenvalue weighted by Crippen LogP contribution is -1.87. The normalized spacial score (nSPS) is 11.3. The molecular formula is C18H18S. The summed E-state index contributed by atoms with van der Waals surface area (Å²) < 4.78 is 0. The third-order valence-electron chi connectivity index (χ3n) is 2.73. The molecule has 2 rings (SSSR count). The molecule has 19 heavy (non-hydrogen) atoms. The highest BCUT2D eigenvalue weighted by atomic mass is 32.2. The number of rotatable bonds is 6. The first kappa shape index (κ1) is 13.7. The maximum absolute atomic E-state index is 3.79. The molecule has 0 aromatic heterocycles. The zero-order valence-corrected chi connectivity index (χ0v) is 11.8. The van der Waals surface area contributed by atoms with E-state index in [0.717, 1.165) is 12.8 Å². The van der Waals surface area contributed by atoms with E-state index in [2.05, 4.69) is 67.3 Å². The number of hydrogen-bond donors (Lipinski definition) is 0. The van der Waals surface area contributed by atoms with Gasteiger partial charge in [-0.15, -0.1) is 6.58 Å². The van der Waals surface area contributed by atoms with E-state index in [0.29, 0.717) is 0 Å². The van der Waals surface area contributed by atoms with Crippen LogP contribution in [0.2, 0.25) is 0 Å². The standard InChI is InChI=1S/C18H18S/c1-2-3-12-18(15-16-10-6-4-7-11-16)19-17-13-8-5-9-14-17/h2,4-14H,1,3,15H2/b18-12-. The van der Waals surface area contributed by atoms with Crippen molar-refractivity contribution in [3.8, 4) is 0 Å². The SMILES string of the molecule is C=CC/C=C(/Cc1ccccc1)Sc1ccccc1. The Morgan fingerprint density at radius 3 is 2.21 bits per heavy atom. The van der Waals surface area contributed by atoms with Gasteiger partial charge in [0, 0.05) is 11.3 Å². The second-order valence-corrected chi connectivity index (χ2v) is 5.47. The van der Waals surface area contributed by atoms with Crippen molar-refractivity contribution in [3.63, 3.8) is 0 Å². The Balaban J connectivity index is 2.10. The number of hydrogen-bond acceptors (Lipinski definition) is 1. The molecule has 0 radical (unpaired) electrons. The molecule has 0 saturated carbocycles. The third-order valence-corrected chi connectivity index (χ3v) is 3.81. The Kier molecular flexibility index (Phi) is 5.51. The van der Waals surface area contributed by atoms with Crippen molar-refractivity contribution in [3.05, 3.63) is 89.9 Å². The van der Waals surface area contributed by atoms with Gasteiger partial charge in [-0.05, 0) is 29.0 Å². The van der Waals surface area contributed by atoms with Crippen LogP contribution >= 0.6 is 11.8 Å². The van der Waals surface area contributed by atoms with Crippen LogP contribution in [0.5, 0.6) is 0 Å². The lowest BCUT2D eigenvalue weighted by Gasteiger charge is -2.07. The zero-order valence-electron chi connectivity index (χ0n) is 11.0. The summed E-state index contributed by atoms with van der Waals surface area (Å²) in [6.07, 6.45) is 6.10. The highest BCUT2D eigenvalue weighted by Crippen LogP contribution is 2.29. The molecule has 0 saturated heterocycles. The smallest absolute Gasteiger partial charge is 0.0119 e. The van der Waals surface area contributed by atoms with E-state index >= 15 is 0 Å². The van der Waals surface area contributed by atoms with Gasteiger partial charge in [0.05, 0.1) is 0 Å². The van der Waals surface area contributed by atoms with Crippen molar-refractivity contribution >= 4 is 11.8 Å². The Labute approximate surface area is 119 Å². The maximum Gasteiger partial charge on any atom is 0.0119 e. The van der Waals surface area contributed by atoms with Crippen molar-refractivity contribution in [2.75, 3.05) is 0 Å². The van der Waals surface area contributed by atoms with Crippen LogP contribution in [0.4, 0.5) is 0 Å². The lowest BCUT2D eigenvalue weighted by atomic mass is 10.1. The lowest BCUT2D eigenvalue weighted by molar-refractivity contribution is 1.21. The molecule has 0 bridgehead atoms. The minimum absolute atomic E-state index is 0.919. The predicted octanol–water partition coefficient (Wildman–Crippen LogP) is 5.48. The highest BCUT2D eigenvalue weighted by Gasteiger charge is 2.02. The van der Waals surface area contributed by atoms with Crippen molar-refractivity contribution < 1.29 is 0 Å². The van der Waals surface area contributed by atoms with E-state index in [1.807, 2.05) is 23.9 Å². The first-order valence-electron chi connectivity index (χ1n) is 6.45. The van der Waals surface area contributed by atoms with Crippen LogP contribution in [0, 0.1) is 0 Å². The summed E-state index contributed by atoms with van der Waals surface area (Å²) in [6.45, 7) is 3.79. The molecule has 0 aliphatic carbocycles. The first-order valence-corrected chi connectivity index (χ1v) is 7.27. The molecule has 2 aromatic carbocycles. The minimum atomic E-state index is 0.919. The van der Waals surface area contributed by atoms with Crippen LogP contribution in [0.1, 0.15) is 12.0 Å². The number of allylic oxidation sites excluding steroid dienone is 3. The Hall–Kier alpha value is -1.73. The second-order valence-electron chi connectivity index (χ2n) is 4.27. The van der Waals surface area contributed by atoms with Gasteiger partial charge in [-0.2, -0.15) is 0 Å². The summed E-state index contributed by atoms with van der Waals surface area (Å²) in [5.74, 6) is 0. The monoisotopic (exact) mass is 266 g/mol. The fourth-order valence-electron chi connectivity index (χ4n) is 1.80. The van der Waals surface area contributed by atoms with Gasteiger partial charge >= 0.3 is 0 Å². The van der Waals surface area contributed by atoms with Crippen LogP contribution in [-0.4, -0.2) is 0 Å². The summed E-state index contributed by atoms with van der Waals surface area (Å²) in [5.41, 5.74) is 1.35. The van der Waals surface area contributed by atoms with Gasteiger partial charge in [0.25, 0.3) is 0 Å². The molecule has 0 aliphatic heterocycles. The van der Waals surface area contributed by atoms with Crippen LogP contribution in [0.15, 0.2) is 89.2 Å². The van der Waals surface area contributed by atoms with Gasteiger partial charge in [0.15, 0.2) is 0 Å². The van der Waals surface area contributed by atoms with Crippen molar-refractivity contribution in [2.24, 2.45) is 0 Å². The second kappa shape index (κ2) is 7.65. The van der Waals surface area contributed by atoms with E-state index in [4.69, 9.17) is 0 Å². The topological polar surface area (TPSA) is 0 Å². The fraction of sp³-hybridized carbons (Fsp3) is 0.111. The molecule has 0 amide bonds. The van der Waals surface area contributed by atoms with Gasteiger partial charge < -0.3 is 0 Å². The van der Waals surface area contributed by atoms with Crippen molar-refractivity contribution in [1.82, 2.24) is 0 Å². The molecule has 0 atom stereocenters. The van der Waals surface area contributed by atoms with E-state index in [9.17, 15) is 0 Å². The Bertz CT molecular complexity index is 483. The van der Waals surface area contributed by atoms with Crippen LogP contribution in [0.3, 0.4) is 0 Å². The van der Waals surface area contributed by atoms with Crippen molar-refractivity contribution in [2.45, 2.75) is 17.7 Å².